The number of halogens is 2. The van der Waals surface area contributed by atoms with Gasteiger partial charge in [-0.25, -0.2) is 8.78 Å². The maximum atomic E-state index is 13.2. The minimum atomic E-state index is -0.856. The molecule has 0 bridgehead atoms. The summed E-state index contributed by atoms with van der Waals surface area (Å²) in [5.74, 6) is -2.85. The third-order valence-corrected chi connectivity index (χ3v) is 4.79. The zero-order valence-electron chi connectivity index (χ0n) is 18.0. The lowest BCUT2D eigenvalue weighted by Crippen LogP contribution is -2.36. The molecule has 0 heterocycles. The quantitative estimate of drug-likeness (QED) is 0.565. The molecule has 2 amide bonds. The van der Waals surface area contributed by atoms with E-state index < -0.39 is 23.4 Å². The molecule has 0 saturated carbocycles. The van der Waals surface area contributed by atoms with Crippen LogP contribution in [-0.2, 0) is 17.9 Å². The Morgan fingerprint density at radius 1 is 0.875 bits per heavy atom. The highest BCUT2D eigenvalue weighted by atomic mass is 19.1. The third-order valence-electron chi connectivity index (χ3n) is 4.79. The maximum Gasteiger partial charge on any atom is 0.251 e. The first-order valence-corrected chi connectivity index (χ1v) is 10.1. The van der Waals surface area contributed by atoms with Crippen LogP contribution in [0.5, 0.6) is 0 Å². The Bertz CT molecular complexity index is 1080. The second-order valence-corrected chi connectivity index (χ2v) is 7.71. The smallest absolute Gasteiger partial charge is 0.251 e. The first-order valence-electron chi connectivity index (χ1n) is 10.1. The van der Waals surface area contributed by atoms with Gasteiger partial charge in [-0.1, -0.05) is 48.5 Å². The summed E-state index contributed by atoms with van der Waals surface area (Å²) < 4.78 is 26.5. The summed E-state index contributed by atoms with van der Waals surface area (Å²) >= 11 is 0. The number of hydrogen-bond donors (Lipinski definition) is 2. The number of benzene rings is 3. The fraction of sp³-hybridized carbons (Fsp3) is 0.200. The molecule has 0 radical (unpaired) electrons. The Kier molecular flexibility index (Phi) is 7.68. The van der Waals surface area contributed by atoms with Crippen LogP contribution >= 0.6 is 0 Å². The number of carbonyl (C=O) groups excluding carboxylic acids is 2. The summed E-state index contributed by atoms with van der Waals surface area (Å²) in [7, 11) is 4.04. The van der Waals surface area contributed by atoms with E-state index in [2.05, 4.69) is 39.8 Å². The molecule has 0 spiro atoms. The SMILES string of the molecule is CN(C)Cc1ccc(-c2ccccc2CNC(=O)CNC(=O)c2cc(F)cc(F)c2)cc1. The van der Waals surface area contributed by atoms with Crippen molar-refractivity contribution in [3.8, 4) is 11.1 Å². The van der Waals surface area contributed by atoms with Gasteiger partial charge in [0.25, 0.3) is 5.91 Å². The van der Waals surface area contributed by atoms with Gasteiger partial charge in [0.05, 0.1) is 6.54 Å². The Labute approximate surface area is 186 Å². The minimum absolute atomic E-state index is 0.182. The van der Waals surface area contributed by atoms with Crippen molar-refractivity contribution in [1.29, 1.82) is 0 Å². The highest BCUT2D eigenvalue weighted by molar-refractivity contribution is 5.96. The van der Waals surface area contributed by atoms with Gasteiger partial charge in [-0.15, -0.1) is 0 Å². The van der Waals surface area contributed by atoms with E-state index in [0.717, 1.165) is 35.4 Å². The molecule has 0 aliphatic carbocycles. The van der Waals surface area contributed by atoms with Crippen LogP contribution in [0.25, 0.3) is 11.1 Å². The Hall–Kier alpha value is -3.58. The van der Waals surface area contributed by atoms with Crippen LogP contribution < -0.4 is 10.6 Å². The van der Waals surface area contributed by atoms with E-state index >= 15 is 0 Å². The number of carbonyl (C=O) groups is 2. The van der Waals surface area contributed by atoms with Crippen LogP contribution in [0.3, 0.4) is 0 Å². The van der Waals surface area contributed by atoms with Crippen LogP contribution in [0.4, 0.5) is 8.78 Å². The van der Waals surface area contributed by atoms with Gasteiger partial charge in [-0.3, -0.25) is 9.59 Å². The van der Waals surface area contributed by atoms with Gasteiger partial charge in [-0.05, 0) is 48.5 Å². The first kappa shape index (κ1) is 23.1. The largest absolute Gasteiger partial charge is 0.350 e. The van der Waals surface area contributed by atoms with Gasteiger partial charge in [0.1, 0.15) is 11.6 Å². The predicted octanol–water partition coefficient (Wildman–Crippen LogP) is 3.74. The zero-order valence-corrected chi connectivity index (χ0v) is 18.0. The van der Waals surface area contributed by atoms with Crippen molar-refractivity contribution in [2.24, 2.45) is 0 Å². The molecule has 3 aromatic rings. The average Bonchev–Trinajstić information content (AvgIpc) is 2.75. The number of nitrogens with one attached hydrogen (secondary N) is 2. The van der Waals surface area contributed by atoms with Crippen molar-refractivity contribution in [3.05, 3.63) is 95.1 Å². The van der Waals surface area contributed by atoms with Crippen molar-refractivity contribution in [1.82, 2.24) is 15.5 Å². The number of rotatable bonds is 8. The third kappa shape index (κ3) is 6.46. The minimum Gasteiger partial charge on any atom is -0.350 e. The van der Waals surface area contributed by atoms with E-state index in [9.17, 15) is 18.4 Å². The van der Waals surface area contributed by atoms with Crippen LogP contribution in [0.1, 0.15) is 21.5 Å². The second kappa shape index (κ2) is 10.6. The van der Waals surface area contributed by atoms with E-state index in [-0.39, 0.29) is 18.7 Å². The zero-order chi connectivity index (χ0) is 23.1. The predicted molar refractivity (Wildman–Crippen MR) is 120 cm³/mol. The topological polar surface area (TPSA) is 61.4 Å². The van der Waals surface area contributed by atoms with Gasteiger partial charge >= 0.3 is 0 Å². The lowest BCUT2D eigenvalue weighted by molar-refractivity contribution is -0.120. The summed E-state index contributed by atoms with van der Waals surface area (Å²) in [5, 5.41) is 5.14. The fourth-order valence-electron chi connectivity index (χ4n) is 3.31. The monoisotopic (exact) mass is 437 g/mol. The molecule has 5 nitrogen and oxygen atoms in total. The molecule has 7 heteroatoms. The molecule has 0 unspecified atom stereocenters. The van der Waals surface area contributed by atoms with Crippen molar-refractivity contribution in [3.63, 3.8) is 0 Å². The van der Waals surface area contributed by atoms with Crippen molar-refractivity contribution >= 4 is 11.8 Å². The summed E-state index contributed by atoms with van der Waals surface area (Å²) in [6, 6.07) is 18.5. The number of amides is 2. The Morgan fingerprint density at radius 3 is 2.19 bits per heavy atom. The average molecular weight is 437 g/mol. The summed E-state index contributed by atoms with van der Waals surface area (Å²) in [6.45, 7) is 0.823. The van der Waals surface area contributed by atoms with Gasteiger partial charge in [0.15, 0.2) is 0 Å². The van der Waals surface area contributed by atoms with Crippen LogP contribution in [0.15, 0.2) is 66.7 Å². The molecule has 2 N–H and O–H groups in total. The lowest BCUT2D eigenvalue weighted by atomic mass is 9.98. The van der Waals surface area contributed by atoms with Crippen molar-refractivity contribution < 1.29 is 18.4 Å². The molecular formula is C25H25F2N3O2. The van der Waals surface area contributed by atoms with Gasteiger partial charge in [0, 0.05) is 24.7 Å². The second-order valence-electron chi connectivity index (χ2n) is 7.71. The Balaban J connectivity index is 1.59. The van der Waals surface area contributed by atoms with Crippen molar-refractivity contribution in [2.75, 3.05) is 20.6 Å². The number of hydrogen-bond acceptors (Lipinski definition) is 3. The maximum absolute atomic E-state index is 13.2. The molecule has 32 heavy (non-hydrogen) atoms. The summed E-state index contributed by atoms with van der Waals surface area (Å²) in [4.78, 5) is 26.3. The summed E-state index contributed by atoms with van der Waals surface area (Å²) in [5.41, 5.74) is 4.00. The molecule has 3 aromatic carbocycles. The normalized spacial score (nSPS) is 10.8. The molecule has 3 rings (SSSR count). The van der Waals surface area contributed by atoms with Crippen molar-refractivity contribution in [2.45, 2.75) is 13.1 Å². The molecular weight excluding hydrogens is 412 g/mol. The van der Waals surface area contributed by atoms with Gasteiger partial charge in [-0.2, -0.15) is 0 Å². The van der Waals surface area contributed by atoms with E-state index in [4.69, 9.17) is 0 Å². The standard InChI is InChI=1S/C25H25F2N3O2/c1-30(2)16-17-7-9-18(10-8-17)23-6-4-3-5-19(23)14-28-24(31)15-29-25(32)20-11-21(26)13-22(27)12-20/h3-13H,14-16H2,1-2H3,(H,28,31)(H,29,32). The van der Waals surface area contributed by atoms with E-state index in [1.165, 1.54) is 5.56 Å². The van der Waals surface area contributed by atoms with Crippen LogP contribution in [0.2, 0.25) is 0 Å². The molecule has 0 fully saturated rings. The van der Waals surface area contributed by atoms with Crippen LogP contribution in [0, 0.1) is 11.6 Å². The van der Waals surface area contributed by atoms with Gasteiger partial charge < -0.3 is 15.5 Å². The van der Waals surface area contributed by atoms with Crippen LogP contribution in [-0.4, -0.2) is 37.4 Å². The lowest BCUT2D eigenvalue weighted by Gasteiger charge is -2.13. The van der Waals surface area contributed by atoms with E-state index in [1.807, 2.05) is 38.4 Å². The number of nitrogens with zero attached hydrogens (tertiary/aromatic N) is 1. The molecule has 0 atom stereocenters. The molecule has 0 aliphatic heterocycles. The highest BCUT2D eigenvalue weighted by Gasteiger charge is 2.12. The van der Waals surface area contributed by atoms with E-state index in [1.54, 1.807) is 0 Å². The molecule has 166 valence electrons. The summed E-state index contributed by atoms with van der Waals surface area (Å²) in [6.07, 6.45) is 0. The highest BCUT2D eigenvalue weighted by Crippen LogP contribution is 2.24. The molecule has 0 aliphatic rings. The van der Waals surface area contributed by atoms with Gasteiger partial charge in [0.2, 0.25) is 5.91 Å². The Morgan fingerprint density at radius 2 is 1.53 bits per heavy atom. The first-order chi connectivity index (χ1) is 15.3. The molecule has 0 aromatic heterocycles. The van der Waals surface area contributed by atoms with E-state index in [0.29, 0.717) is 6.07 Å². The fourth-order valence-corrected chi connectivity index (χ4v) is 3.31. The molecule has 0 saturated heterocycles.